The van der Waals surface area contributed by atoms with Crippen LogP contribution in [0.15, 0.2) is 127 Å². The molecule has 1 saturated heterocycles. The highest BCUT2D eigenvalue weighted by atomic mass is 19.1. The Hall–Kier alpha value is -5.20. The van der Waals surface area contributed by atoms with E-state index in [2.05, 4.69) is 24.3 Å². The summed E-state index contributed by atoms with van der Waals surface area (Å²) in [5.41, 5.74) is 6.03. The predicted octanol–water partition coefficient (Wildman–Crippen LogP) is 8.36. The van der Waals surface area contributed by atoms with E-state index < -0.39 is 5.82 Å². The highest BCUT2D eigenvalue weighted by molar-refractivity contribution is 6.15. The number of benzene rings is 5. The van der Waals surface area contributed by atoms with Crippen LogP contribution < -0.4 is 0 Å². The Balaban J connectivity index is 1.21. The van der Waals surface area contributed by atoms with Crippen molar-refractivity contribution in [1.82, 2.24) is 4.90 Å². The van der Waals surface area contributed by atoms with Crippen molar-refractivity contribution in [3.8, 4) is 11.1 Å². The van der Waals surface area contributed by atoms with E-state index in [1.807, 2.05) is 59.5 Å². The van der Waals surface area contributed by atoms with E-state index >= 15 is 0 Å². The lowest BCUT2D eigenvalue weighted by molar-refractivity contribution is 0.0439. The third-order valence-corrected chi connectivity index (χ3v) is 8.84. The number of rotatable bonds is 12. The van der Waals surface area contributed by atoms with E-state index in [0.717, 1.165) is 47.8 Å². The van der Waals surface area contributed by atoms with Gasteiger partial charge in [-0.25, -0.2) is 4.39 Å². The number of ketones is 1. The van der Waals surface area contributed by atoms with Crippen molar-refractivity contribution in [3.05, 3.63) is 167 Å². The summed E-state index contributed by atoms with van der Waals surface area (Å²) in [6, 6.07) is 38.1. The molecule has 1 aliphatic heterocycles. The van der Waals surface area contributed by atoms with Gasteiger partial charge in [0.15, 0.2) is 5.78 Å². The summed E-state index contributed by atoms with van der Waals surface area (Å²) in [6.45, 7) is 0.817. The molecule has 0 N–H and O–H groups in total. The van der Waals surface area contributed by atoms with Crippen LogP contribution in [-0.2, 0) is 17.8 Å². The van der Waals surface area contributed by atoms with Gasteiger partial charge in [-0.1, -0.05) is 97.1 Å². The quantitative estimate of drug-likeness (QED) is 0.103. The molecule has 0 aliphatic carbocycles. The number of carbonyl (C=O) groups is 3. The summed E-state index contributed by atoms with van der Waals surface area (Å²) in [5, 5.41) is 0. The molecule has 2 atom stereocenters. The molecule has 0 spiro atoms. The normalized spacial score (nSPS) is 15.8. The Morgan fingerprint density at radius 1 is 0.787 bits per heavy atom. The Labute approximate surface area is 274 Å². The van der Waals surface area contributed by atoms with Crippen LogP contribution in [-0.4, -0.2) is 41.6 Å². The fraction of sp³-hybridized carbons (Fsp3) is 0.195. The monoisotopic (exact) mass is 625 g/mol. The van der Waals surface area contributed by atoms with Crippen molar-refractivity contribution >= 4 is 18.0 Å². The Bertz CT molecular complexity index is 1840. The van der Waals surface area contributed by atoms with Crippen LogP contribution >= 0.6 is 0 Å². The fourth-order valence-electron chi connectivity index (χ4n) is 6.35. The van der Waals surface area contributed by atoms with Gasteiger partial charge in [0.1, 0.15) is 12.1 Å². The van der Waals surface area contributed by atoms with E-state index in [1.165, 1.54) is 24.3 Å². The molecule has 6 rings (SSSR count). The van der Waals surface area contributed by atoms with E-state index in [0.29, 0.717) is 41.8 Å². The fourth-order valence-corrected chi connectivity index (χ4v) is 6.35. The molecule has 236 valence electrons. The van der Waals surface area contributed by atoms with Crippen LogP contribution in [0.2, 0.25) is 0 Å². The van der Waals surface area contributed by atoms with Crippen molar-refractivity contribution in [2.24, 2.45) is 0 Å². The second-order valence-corrected chi connectivity index (χ2v) is 11.9. The lowest BCUT2D eigenvalue weighted by Gasteiger charge is -2.25. The molecule has 0 aromatic heterocycles. The van der Waals surface area contributed by atoms with E-state index in [4.69, 9.17) is 4.74 Å². The van der Waals surface area contributed by atoms with Crippen molar-refractivity contribution in [2.45, 2.75) is 44.4 Å². The number of ether oxygens (including phenoxy) is 1. The van der Waals surface area contributed by atoms with Crippen molar-refractivity contribution in [2.75, 3.05) is 6.54 Å². The molecule has 47 heavy (non-hydrogen) atoms. The van der Waals surface area contributed by atoms with Gasteiger partial charge in [-0.15, -0.1) is 0 Å². The Morgan fingerprint density at radius 3 is 2.21 bits per heavy atom. The topological polar surface area (TPSA) is 63.7 Å². The van der Waals surface area contributed by atoms with Gasteiger partial charge in [-0.2, -0.15) is 0 Å². The molecule has 5 aromatic carbocycles. The lowest BCUT2D eigenvalue weighted by Crippen LogP contribution is -2.37. The van der Waals surface area contributed by atoms with Crippen LogP contribution in [0.25, 0.3) is 11.1 Å². The molecular weight excluding hydrogens is 589 g/mol. The molecule has 1 amide bonds. The first-order chi connectivity index (χ1) is 23.0. The first kappa shape index (κ1) is 31.8. The first-order valence-electron chi connectivity index (χ1n) is 16.0. The van der Waals surface area contributed by atoms with Gasteiger partial charge in [0.05, 0.1) is 18.3 Å². The maximum Gasteiger partial charge on any atom is 0.254 e. The Morgan fingerprint density at radius 2 is 1.47 bits per heavy atom. The molecule has 1 fully saturated rings. The number of nitrogens with zero attached hydrogens (tertiary/aromatic N) is 1. The van der Waals surface area contributed by atoms with Gasteiger partial charge in [0, 0.05) is 29.3 Å². The SMILES string of the molecule is O=Cc1ccc(CCC[C@@H]2CC(OCc3ccccc3-c3ccccc3)CN2C(=O)c2ccccc2C(=O)c2ccc(F)cc2)cc1. The number of aryl methyl sites for hydroxylation is 1. The minimum Gasteiger partial charge on any atom is -0.372 e. The van der Waals surface area contributed by atoms with Crippen molar-refractivity contribution in [3.63, 3.8) is 0 Å². The summed E-state index contributed by atoms with van der Waals surface area (Å²) in [7, 11) is 0. The number of likely N-dealkylation sites (tertiary alicyclic amines) is 1. The summed E-state index contributed by atoms with van der Waals surface area (Å²) in [6.07, 6.45) is 3.75. The number of amides is 1. The molecule has 0 bridgehead atoms. The summed E-state index contributed by atoms with van der Waals surface area (Å²) in [5.74, 6) is -0.969. The molecular formula is C41H36FNO4. The number of halogens is 1. The Kier molecular flexibility index (Phi) is 10.1. The molecule has 0 saturated carbocycles. The van der Waals surface area contributed by atoms with Crippen LogP contribution in [0.4, 0.5) is 4.39 Å². The number of hydrogen-bond acceptors (Lipinski definition) is 4. The largest absolute Gasteiger partial charge is 0.372 e. The minimum atomic E-state index is -0.428. The molecule has 1 aliphatic rings. The maximum absolute atomic E-state index is 14.3. The predicted molar refractivity (Wildman–Crippen MR) is 181 cm³/mol. The van der Waals surface area contributed by atoms with E-state index in [-0.39, 0.29) is 23.8 Å². The average Bonchev–Trinajstić information content (AvgIpc) is 3.54. The minimum absolute atomic E-state index is 0.0832. The zero-order chi connectivity index (χ0) is 32.6. The first-order valence-corrected chi connectivity index (χ1v) is 16.0. The zero-order valence-corrected chi connectivity index (χ0v) is 26.1. The third kappa shape index (κ3) is 7.62. The van der Waals surface area contributed by atoms with Gasteiger partial charge < -0.3 is 9.64 Å². The summed E-state index contributed by atoms with van der Waals surface area (Å²) in [4.78, 5) is 40.7. The standard InChI is InChI=1S/C41H36FNO4/c42-34-23-21-32(22-24-34)40(45)38-15-6-7-16-39(38)41(46)43-26-36(25-35(43)13-8-9-29-17-19-30(27-44)20-18-29)47-28-33-12-4-5-14-37(33)31-10-2-1-3-11-31/h1-7,10-12,14-24,27,35-36H,8-9,13,25-26,28H2/t35-,36?/m1/s1. The lowest BCUT2D eigenvalue weighted by atomic mass is 9.97. The van der Waals surface area contributed by atoms with Gasteiger partial charge in [0.25, 0.3) is 5.91 Å². The number of aldehydes is 1. The molecule has 1 heterocycles. The second-order valence-electron chi connectivity index (χ2n) is 11.9. The van der Waals surface area contributed by atoms with Crippen molar-refractivity contribution < 1.29 is 23.5 Å². The van der Waals surface area contributed by atoms with Crippen LogP contribution in [0.5, 0.6) is 0 Å². The summed E-state index contributed by atoms with van der Waals surface area (Å²) < 4.78 is 20.1. The smallest absolute Gasteiger partial charge is 0.254 e. The van der Waals surface area contributed by atoms with Gasteiger partial charge in [-0.05, 0) is 78.3 Å². The highest BCUT2D eigenvalue weighted by Crippen LogP contribution is 2.30. The average molecular weight is 626 g/mol. The molecule has 6 heteroatoms. The van der Waals surface area contributed by atoms with Gasteiger partial charge >= 0.3 is 0 Å². The molecule has 1 unspecified atom stereocenters. The second kappa shape index (κ2) is 14.9. The molecule has 5 aromatic rings. The van der Waals surface area contributed by atoms with E-state index in [1.54, 1.807) is 24.3 Å². The molecule has 5 nitrogen and oxygen atoms in total. The summed E-state index contributed by atoms with van der Waals surface area (Å²) >= 11 is 0. The zero-order valence-electron chi connectivity index (χ0n) is 26.1. The van der Waals surface area contributed by atoms with Crippen LogP contribution in [0, 0.1) is 5.82 Å². The van der Waals surface area contributed by atoms with Crippen LogP contribution in [0.1, 0.15) is 67.0 Å². The van der Waals surface area contributed by atoms with Gasteiger partial charge in [-0.3, -0.25) is 14.4 Å². The van der Waals surface area contributed by atoms with Crippen LogP contribution in [0.3, 0.4) is 0 Å². The molecule has 0 radical (unpaired) electrons. The third-order valence-electron chi connectivity index (χ3n) is 8.84. The maximum atomic E-state index is 14.3. The number of hydrogen-bond donors (Lipinski definition) is 0. The number of carbonyl (C=O) groups excluding carboxylic acids is 3. The highest BCUT2D eigenvalue weighted by Gasteiger charge is 2.37. The van der Waals surface area contributed by atoms with Gasteiger partial charge in [0.2, 0.25) is 0 Å². The van der Waals surface area contributed by atoms with Crippen molar-refractivity contribution in [1.29, 1.82) is 0 Å². The van der Waals surface area contributed by atoms with E-state index in [9.17, 15) is 18.8 Å².